The molecule has 3 nitrogen and oxygen atoms in total. The quantitative estimate of drug-likeness (QED) is 0.712. The highest BCUT2D eigenvalue weighted by atomic mass is 16.1. The zero-order chi connectivity index (χ0) is 10.6. The van der Waals surface area contributed by atoms with Crippen molar-refractivity contribution < 1.29 is 4.79 Å². The number of nitrogens with one attached hydrogen (secondary N) is 1. The predicted molar refractivity (Wildman–Crippen MR) is 58.4 cm³/mol. The van der Waals surface area contributed by atoms with Gasteiger partial charge in [-0.3, -0.25) is 4.79 Å². The number of carbonyl (C=O) groups is 1. The molecule has 0 radical (unpaired) electrons. The molecule has 82 valence electrons. The van der Waals surface area contributed by atoms with Crippen molar-refractivity contribution in [3.05, 3.63) is 0 Å². The maximum absolute atomic E-state index is 11.8. The van der Waals surface area contributed by atoms with E-state index >= 15 is 0 Å². The van der Waals surface area contributed by atoms with Crippen molar-refractivity contribution in [2.75, 3.05) is 26.7 Å². The van der Waals surface area contributed by atoms with Gasteiger partial charge in [0.05, 0.1) is 6.04 Å². The second kappa shape index (κ2) is 5.47. The van der Waals surface area contributed by atoms with Crippen molar-refractivity contribution in [3.63, 3.8) is 0 Å². The first kappa shape index (κ1) is 11.7. The highest BCUT2D eigenvalue weighted by molar-refractivity contribution is 5.85. The van der Waals surface area contributed by atoms with Crippen LogP contribution in [0.1, 0.15) is 26.7 Å². The summed E-state index contributed by atoms with van der Waals surface area (Å²) in [6.07, 6.45) is 2.57. The smallest absolute Gasteiger partial charge is 0.153 e. The lowest BCUT2D eigenvalue weighted by Gasteiger charge is -2.23. The van der Waals surface area contributed by atoms with Gasteiger partial charge >= 0.3 is 0 Å². The molecular weight excluding hydrogens is 176 g/mol. The van der Waals surface area contributed by atoms with Crippen LogP contribution in [0.3, 0.4) is 0 Å². The zero-order valence-corrected chi connectivity index (χ0v) is 9.55. The second-order valence-electron chi connectivity index (χ2n) is 4.41. The molecule has 0 aromatic rings. The summed E-state index contributed by atoms with van der Waals surface area (Å²) in [4.78, 5) is 14.1. The van der Waals surface area contributed by atoms with Gasteiger partial charge < -0.3 is 10.2 Å². The fraction of sp³-hybridized carbons (Fsp3) is 0.909. The van der Waals surface area contributed by atoms with E-state index in [1.54, 1.807) is 0 Å². The monoisotopic (exact) mass is 198 g/mol. The van der Waals surface area contributed by atoms with E-state index in [1.165, 1.54) is 12.8 Å². The average Bonchev–Trinajstić information content (AvgIpc) is 2.65. The van der Waals surface area contributed by atoms with Crippen LogP contribution in [0.25, 0.3) is 0 Å². The van der Waals surface area contributed by atoms with Crippen LogP contribution in [0.5, 0.6) is 0 Å². The molecule has 3 heteroatoms. The van der Waals surface area contributed by atoms with Crippen molar-refractivity contribution in [1.29, 1.82) is 0 Å². The minimum Gasteiger partial charge on any atom is -0.309 e. The van der Waals surface area contributed by atoms with Gasteiger partial charge in [0.1, 0.15) is 0 Å². The molecule has 0 amide bonds. The van der Waals surface area contributed by atoms with Gasteiger partial charge in [-0.1, -0.05) is 13.8 Å². The maximum atomic E-state index is 11.8. The van der Waals surface area contributed by atoms with Gasteiger partial charge in [0.2, 0.25) is 0 Å². The molecular formula is C11H22N2O. The molecule has 0 spiro atoms. The van der Waals surface area contributed by atoms with Crippen LogP contribution >= 0.6 is 0 Å². The number of nitrogens with zero attached hydrogens (tertiary/aromatic N) is 1. The molecule has 1 atom stereocenters. The number of hydrogen-bond acceptors (Lipinski definition) is 3. The van der Waals surface area contributed by atoms with Crippen molar-refractivity contribution in [1.82, 2.24) is 10.2 Å². The Balaban J connectivity index is 2.41. The topological polar surface area (TPSA) is 32.3 Å². The Morgan fingerprint density at radius 3 is 2.36 bits per heavy atom. The summed E-state index contributed by atoms with van der Waals surface area (Å²) in [5.41, 5.74) is 0. The Kier molecular flexibility index (Phi) is 4.55. The fourth-order valence-electron chi connectivity index (χ4n) is 1.95. The van der Waals surface area contributed by atoms with Crippen LogP contribution in [-0.4, -0.2) is 43.4 Å². The van der Waals surface area contributed by atoms with E-state index in [1.807, 2.05) is 20.9 Å². The Labute approximate surface area is 86.9 Å². The number of hydrogen-bond donors (Lipinski definition) is 1. The van der Waals surface area contributed by atoms with Gasteiger partial charge in [0.15, 0.2) is 5.78 Å². The Bertz CT molecular complexity index is 186. The summed E-state index contributed by atoms with van der Waals surface area (Å²) in [7, 11) is 1.88. The van der Waals surface area contributed by atoms with E-state index < -0.39 is 0 Å². The first-order valence-electron chi connectivity index (χ1n) is 5.58. The number of likely N-dealkylation sites (N-methyl/N-ethyl adjacent to an activating group) is 1. The van der Waals surface area contributed by atoms with E-state index in [9.17, 15) is 4.79 Å². The molecule has 1 N–H and O–H groups in total. The average molecular weight is 198 g/mol. The molecule has 1 aliphatic heterocycles. The van der Waals surface area contributed by atoms with Gasteiger partial charge in [-0.25, -0.2) is 0 Å². The number of Topliss-reactive ketones (excluding diaryl/α,β-unsaturated/α-hetero) is 1. The van der Waals surface area contributed by atoms with E-state index in [4.69, 9.17) is 0 Å². The largest absolute Gasteiger partial charge is 0.309 e. The third-order valence-corrected chi connectivity index (χ3v) is 2.90. The first-order valence-corrected chi connectivity index (χ1v) is 5.58. The molecule has 1 saturated heterocycles. The second-order valence-corrected chi connectivity index (χ2v) is 4.41. The van der Waals surface area contributed by atoms with Gasteiger partial charge in [-0.05, 0) is 33.0 Å². The minimum absolute atomic E-state index is 0.0214. The van der Waals surface area contributed by atoms with Gasteiger partial charge in [0, 0.05) is 12.5 Å². The number of carbonyl (C=O) groups excluding carboxylic acids is 1. The number of rotatable bonds is 5. The molecule has 1 fully saturated rings. The van der Waals surface area contributed by atoms with E-state index in [0.717, 1.165) is 19.6 Å². The van der Waals surface area contributed by atoms with Crippen molar-refractivity contribution in [2.45, 2.75) is 32.7 Å². The molecule has 1 rings (SSSR count). The summed E-state index contributed by atoms with van der Waals surface area (Å²) in [5.74, 6) is 0.467. The summed E-state index contributed by atoms with van der Waals surface area (Å²) >= 11 is 0. The molecule has 0 saturated carbocycles. The number of likely N-dealkylation sites (tertiary alicyclic amines) is 1. The highest BCUT2D eigenvalue weighted by Crippen LogP contribution is 2.09. The third kappa shape index (κ3) is 3.07. The molecule has 0 bridgehead atoms. The normalized spacial score (nSPS) is 20.3. The summed E-state index contributed by atoms with van der Waals surface area (Å²) in [6, 6.07) is 0.0214. The molecule has 0 aliphatic carbocycles. The zero-order valence-electron chi connectivity index (χ0n) is 9.55. The lowest BCUT2D eigenvalue weighted by Crippen LogP contribution is -2.45. The first-order chi connectivity index (χ1) is 6.65. The molecule has 14 heavy (non-hydrogen) atoms. The van der Waals surface area contributed by atoms with Crippen molar-refractivity contribution in [2.24, 2.45) is 5.92 Å². The minimum atomic E-state index is 0.0214. The van der Waals surface area contributed by atoms with Crippen molar-refractivity contribution >= 4 is 5.78 Å². The van der Waals surface area contributed by atoms with E-state index in [2.05, 4.69) is 10.2 Å². The molecule has 1 aliphatic rings. The Morgan fingerprint density at radius 2 is 1.93 bits per heavy atom. The van der Waals surface area contributed by atoms with E-state index in [-0.39, 0.29) is 12.0 Å². The maximum Gasteiger partial charge on any atom is 0.153 e. The predicted octanol–water partition coefficient (Wildman–Crippen LogP) is 0.895. The van der Waals surface area contributed by atoms with Gasteiger partial charge in [-0.2, -0.15) is 0 Å². The molecule has 0 aromatic heterocycles. The molecule has 1 heterocycles. The summed E-state index contributed by atoms with van der Waals surface area (Å²) < 4.78 is 0. The van der Waals surface area contributed by atoms with E-state index in [0.29, 0.717) is 5.78 Å². The third-order valence-electron chi connectivity index (χ3n) is 2.90. The SMILES string of the molecule is CNC(CN1CCCC1)C(=O)C(C)C. The summed E-state index contributed by atoms with van der Waals surface area (Å²) in [6.45, 7) is 7.13. The van der Waals surface area contributed by atoms with Crippen LogP contribution in [0.15, 0.2) is 0 Å². The fourth-order valence-corrected chi connectivity index (χ4v) is 1.95. The van der Waals surface area contributed by atoms with Crippen LogP contribution in [0.2, 0.25) is 0 Å². The number of ketones is 1. The molecule has 0 aromatic carbocycles. The Morgan fingerprint density at radius 1 is 1.36 bits per heavy atom. The van der Waals surface area contributed by atoms with Crippen LogP contribution in [0.4, 0.5) is 0 Å². The summed E-state index contributed by atoms with van der Waals surface area (Å²) in [5, 5.41) is 3.12. The lowest BCUT2D eigenvalue weighted by atomic mass is 10.0. The standard InChI is InChI=1S/C11H22N2O/c1-9(2)11(14)10(12-3)8-13-6-4-5-7-13/h9-10,12H,4-8H2,1-3H3. The van der Waals surface area contributed by atoms with Gasteiger partial charge in [-0.15, -0.1) is 0 Å². The van der Waals surface area contributed by atoms with Gasteiger partial charge in [0.25, 0.3) is 0 Å². The lowest BCUT2D eigenvalue weighted by molar-refractivity contribution is -0.124. The van der Waals surface area contributed by atoms with Crippen LogP contribution < -0.4 is 5.32 Å². The van der Waals surface area contributed by atoms with Crippen molar-refractivity contribution in [3.8, 4) is 0 Å². The Hall–Kier alpha value is -0.410. The van der Waals surface area contributed by atoms with Crippen LogP contribution in [-0.2, 0) is 4.79 Å². The molecule has 1 unspecified atom stereocenters. The highest BCUT2D eigenvalue weighted by Gasteiger charge is 2.23. The van der Waals surface area contributed by atoms with Crippen LogP contribution in [0, 0.1) is 5.92 Å².